The summed E-state index contributed by atoms with van der Waals surface area (Å²) in [6.07, 6.45) is 1.04. The number of hydrogen-bond donors (Lipinski definition) is 1. The van der Waals surface area contributed by atoms with Gasteiger partial charge in [0, 0.05) is 17.0 Å². The third-order valence-corrected chi connectivity index (χ3v) is 4.59. The summed E-state index contributed by atoms with van der Waals surface area (Å²) in [7, 11) is 0. The molecule has 0 spiro atoms. The minimum Gasteiger partial charge on any atom is -0.323 e. The molecule has 3 heteroatoms. The van der Waals surface area contributed by atoms with E-state index in [9.17, 15) is 4.39 Å². The largest absolute Gasteiger partial charge is 0.323 e. The van der Waals surface area contributed by atoms with Crippen LogP contribution in [0.1, 0.15) is 36.1 Å². The molecule has 1 aliphatic heterocycles. The Morgan fingerprint density at radius 2 is 2.27 bits per heavy atom. The Balaban J connectivity index is 2.46. The summed E-state index contributed by atoms with van der Waals surface area (Å²) in [5.74, 6) is 0.802. The fraction of sp³-hybridized carbons (Fsp3) is 0.500. The quantitative estimate of drug-likeness (QED) is 0.794. The van der Waals surface area contributed by atoms with Gasteiger partial charge in [-0.15, -0.1) is 0 Å². The lowest BCUT2D eigenvalue weighted by Crippen LogP contribution is -2.28. The fourth-order valence-corrected chi connectivity index (χ4v) is 3.52. The molecule has 82 valence electrons. The Labute approximate surface area is 94.2 Å². The summed E-state index contributed by atoms with van der Waals surface area (Å²) in [6.45, 7) is 4.09. The first kappa shape index (κ1) is 11.0. The molecule has 0 fully saturated rings. The Kier molecular flexibility index (Phi) is 3.03. The van der Waals surface area contributed by atoms with Crippen molar-refractivity contribution >= 4 is 11.8 Å². The van der Waals surface area contributed by atoms with Crippen LogP contribution in [0.5, 0.6) is 0 Å². The summed E-state index contributed by atoms with van der Waals surface area (Å²) in [5, 5.41) is 0.429. The second-order valence-electron chi connectivity index (χ2n) is 4.07. The van der Waals surface area contributed by atoms with E-state index in [4.69, 9.17) is 5.73 Å². The third kappa shape index (κ3) is 1.91. The van der Waals surface area contributed by atoms with Crippen molar-refractivity contribution in [2.24, 2.45) is 5.73 Å². The average Bonchev–Trinajstić information content (AvgIpc) is 2.19. The summed E-state index contributed by atoms with van der Waals surface area (Å²) in [4.78, 5) is 0. The predicted octanol–water partition coefficient (Wildman–Crippen LogP) is 3.16. The zero-order chi connectivity index (χ0) is 11.0. The third-order valence-electron chi connectivity index (χ3n) is 3.08. The first-order valence-corrected chi connectivity index (χ1v) is 6.34. The highest BCUT2D eigenvalue weighted by molar-refractivity contribution is 7.99. The Morgan fingerprint density at radius 3 is 2.93 bits per heavy atom. The number of benzene rings is 1. The second kappa shape index (κ2) is 4.14. The van der Waals surface area contributed by atoms with Crippen LogP contribution in [0.4, 0.5) is 4.39 Å². The number of fused-ring (bicyclic) bond motifs is 1. The van der Waals surface area contributed by atoms with Crippen LogP contribution in [-0.4, -0.2) is 5.25 Å². The summed E-state index contributed by atoms with van der Waals surface area (Å²) < 4.78 is 13.3. The smallest absolute Gasteiger partial charge is 0.123 e. The van der Waals surface area contributed by atoms with E-state index in [1.54, 1.807) is 12.1 Å². The molecule has 1 aliphatic rings. The first-order valence-electron chi connectivity index (χ1n) is 5.29. The Bertz CT molecular complexity index is 378. The Morgan fingerprint density at radius 1 is 1.53 bits per heavy atom. The molecular weight excluding hydrogens is 209 g/mol. The van der Waals surface area contributed by atoms with Crippen molar-refractivity contribution in [1.29, 1.82) is 0 Å². The lowest BCUT2D eigenvalue weighted by molar-refractivity contribution is 0.602. The van der Waals surface area contributed by atoms with Gasteiger partial charge in [-0.2, -0.15) is 11.8 Å². The molecule has 2 N–H and O–H groups in total. The average molecular weight is 225 g/mol. The zero-order valence-electron chi connectivity index (χ0n) is 9.09. The van der Waals surface area contributed by atoms with Crippen LogP contribution >= 0.6 is 11.8 Å². The van der Waals surface area contributed by atoms with Gasteiger partial charge >= 0.3 is 0 Å². The molecule has 0 amide bonds. The van der Waals surface area contributed by atoms with Crippen LogP contribution in [0.2, 0.25) is 0 Å². The van der Waals surface area contributed by atoms with Crippen molar-refractivity contribution in [2.75, 3.05) is 0 Å². The molecule has 2 atom stereocenters. The van der Waals surface area contributed by atoms with Crippen LogP contribution < -0.4 is 5.73 Å². The molecule has 0 saturated heterocycles. The summed E-state index contributed by atoms with van der Waals surface area (Å²) >= 11 is 1.89. The molecule has 1 aromatic carbocycles. The van der Waals surface area contributed by atoms with Gasteiger partial charge in [-0.25, -0.2) is 4.39 Å². The van der Waals surface area contributed by atoms with E-state index in [-0.39, 0.29) is 11.9 Å². The SMILES string of the molecule is CCC1SCc2c(C)cc(F)cc2C1N. The van der Waals surface area contributed by atoms with Gasteiger partial charge in [-0.1, -0.05) is 6.92 Å². The van der Waals surface area contributed by atoms with Gasteiger partial charge in [0.25, 0.3) is 0 Å². The van der Waals surface area contributed by atoms with Crippen molar-refractivity contribution in [3.8, 4) is 0 Å². The molecule has 0 saturated carbocycles. The molecule has 1 aromatic rings. The van der Waals surface area contributed by atoms with E-state index in [0.717, 1.165) is 23.3 Å². The molecule has 0 aliphatic carbocycles. The molecule has 15 heavy (non-hydrogen) atoms. The fourth-order valence-electron chi connectivity index (χ4n) is 2.16. The van der Waals surface area contributed by atoms with E-state index >= 15 is 0 Å². The summed E-state index contributed by atoms with van der Waals surface area (Å²) in [5.41, 5.74) is 9.43. The van der Waals surface area contributed by atoms with Crippen molar-refractivity contribution < 1.29 is 4.39 Å². The van der Waals surface area contributed by atoms with Gasteiger partial charge in [-0.05, 0) is 42.2 Å². The van der Waals surface area contributed by atoms with Gasteiger partial charge in [0.2, 0.25) is 0 Å². The molecule has 0 aromatic heterocycles. The number of nitrogens with two attached hydrogens (primary N) is 1. The maximum atomic E-state index is 13.3. The highest BCUT2D eigenvalue weighted by atomic mass is 32.2. The normalized spacial score (nSPS) is 25.1. The number of halogens is 1. The molecule has 0 bridgehead atoms. The van der Waals surface area contributed by atoms with Gasteiger partial charge in [0.15, 0.2) is 0 Å². The lowest BCUT2D eigenvalue weighted by Gasteiger charge is -2.30. The van der Waals surface area contributed by atoms with Gasteiger partial charge in [0.05, 0.1) is 0 Å². The highest BCUT2D eigenvalue weighted by Crippen LogP contribution is 2.39. The van der Waals surface area contributed by atoms with Crippen molar-refractivity contribution in [3.05, 3.63) is 34.6 Å². The molecule has 0 radical (unpaired) electrons. The topological polar surface area (TPSA) is 26.0 Å². The van der Waals surface area contributed by atoms with Gasteiger partial charge < -0.3 is 5.73 Å². The number of thioether (sulfide) groups is 1. The predicted molar refractivity (Wildman–Crippen MR) is 63.4 cm³/mol. The van der Waals surface area contributed by atoms with E-state index < -0.39 is 0 Å². The molecule has 2 rings (SSSR count). The minimum absolute atomic E-state index is 0.0156. The van der Waals surface area contributed by atoms with Crippen LogP contribution in [0, 0.1) is 12.7 Å². The van der Waals surface area contributed by atoms with Crippen LogP contribution in [0.25, 0.3) is 0 Å². The van der Waals surface area contributed by atoms with Crippen LogP contribution in [0.15, 0.2) is 12.1 Å². The maximum Gasteiger partial charge on any atom is 0.123 e. The number of hydrogen-bond acceptors (Lipinski definition) is 2. The van der Waals surface area contributed by atoms with Crippen molar-refractivity contribution in [3.63, 3.8) is 0 Å². The zero-order valence-corrected chi connectivity index (χ0v) is 9.90. The van der Waals surface area contributed by atoms with Crippen LogP contribution in [0.3, 0.4) is 0 Å². The molecule has 2 unspecified atom stereocenters. The highest BCUT2D eigenvalue weighted by Gasteiger charge is 2.27. The van der Waals surface area contributed by atoms with Crippen molar-refractivity contribution in [1.82, 2.24) is 0 Å². The minimum atomic E-state index is -0.163. The standard InChI is InChI=1S/C12H16FNS/c1-3-11-12(14)9-5-8(13)4-7(2)10(9)6-15-11/h4-5,11-12H,3,6,14H2,1-2H3. The van der Waals surface area contributed by atoms with E-state index in [0.29, 0.717) is 5.25 Å². The molecular formula is C12H16FNS. The molecule has 1 nitrogen and oxygen atoms in total. The second-order valence-corrected chi connectivity index (χ2v) is 5.30. The van der Waals surface area contributed by atoms with Crippen LogP contribution in [-0.2, 0) is 5.75 Å². The van der Waals surface area contributed by atoms with E-state index in [1.165, 1.54) is 5.56 Å². The number of rotatable bonds is 1. The van der Waals surface area contributed by atoms with E-state index in [2.05, 4.69) is 6.92 Å². The maximum absolute atomic E-state index is 13.3. The Hall–Kier alpha value is -0.540. The van der Waals surface area contributed by atoms with E-state index in [1.807, 2.05) is 18.7 Å². The monoisotopic (exact) mass is 225 g/mol. The summed E-state index contributed by atoms with van der Waals surface area (Å²) in [6, 6.07) is 3.19. The number of aryl methyl sites for hydroxylation is 1. The lowest BCUT2D eigenvalue weighted by atomic mass is 9.94. The first-order chi connectivity index (χ1) is 7.13. The van der Waals surface area contributed by atoms with Gasteiger partial charge in [-0.3, -0.25) is 0 Å². The van der Waals surface area contributed by atoms with Crippen molar-refractivity contribution in [2.45, 2.75) is 37.3 Å². The molecule has 1 heterocycles. The van der Waals surface area contributed by atoms with Gasteiger partial charge in [0.1, 0.15) is 5.82 Å².